The fraction of sp³-hybridized carbons (Fsp3) is 0.462. The van der Waals surface area contributed by atoms with Crippen LogP contribution in [-0.2, 0) is 0 Å². The molecular formula is C13H19FN2O. The van der Waals surface area contributed by atoms with E-state index in [2.05, 4.69) is 19.2 Å². The number of carbonyl (C=O) groups is 1. The molecule has 0 saturated heterocycles. The van der Waals surface area contributed by atoms with Crippen molar-refractivity contribution in [1.82, 2.24) is 5.32 Å². The first-order chi connectivity index (χ1) is 8.08. The third-order valence-electron chi connectivity index (χ3n) is 2.94. The Hall–Kier alpha value is -1.58. The largest absolute Gasteiger partial charge is 0.399 e. The standard InChI is InChI=1S/C13H19FN2O/c1-3-9(4-2)8-16-13(17)11-7-10(15)5-6-12(11)14/h5-7,9H,3-4,8,15H2,1-2H3,(H,16,17). The van der Waals surface area contributed by atoms with Crippen molar-refractivity contribution in [2.45, 2.75) is 26.7 Å². The summed E-state index contributed by atoms with van der Waals surface area (Å²) in [5, 5.41) is 2.73. The second kappa shape index (κ2) is 6.23. The summed E-state index contributed by atoms with van der Waals surface area (Å²) in [7, 11) is 0. The monoisotopic (exact) mass is 238 g/mol. The Bertz CT molecular complexity index is 389. The molecule has 4 heteroatoms. The van der Waals surface area contributed by atoms with E-state index in [4.69, 9.17) is 5.73 Å². The minimum absolute atomic E-state index is 0.0101. The summed E-state index contributed by atoms with van der Waals surface area (Å²) in [6.07, 6.45) is 1.99. The van der Waals surface area contributed by atoms with Gasteiger partial charge in [0.05, 0.1) is 5.56 Å². The zero-order valence-electron chi connectivity index (χ0n) is 10.3. The van der Waals surface area contributed by atoms with Crippen molar-refractivity contribution >= 4 is 11.6 Å². The smallest absolute Gasteiger partial charge is 0.254 e. The van der Waals surface area contributed by atoms with E-state index in [1.165, 1.54) is 18.2 Å². The molecule has 0 aliphatic carbocycles. The van der Waals surface area contributed by atoms with E-state index in [0.717, 1.165) is 12.8 Å². The summed E-state index contributed by atoms with van der Waals surface area (Å²) in [5.41, 5.74) is 5.93. The van der Waals surface area contributed by atoms with Gasteiger partial charge in [-0.25, -0.2) is 4.39 Å². The van der Waals surface area contributed by atoms with Crippen LogP contribution in [0.4, 0.5) is 10.1 Å². The number of nitrogens with one attached hydrogen (secondary N) is 1. The van der Waals surface area contributed by atoms with E-state index in [0.29, 0.717) is 18.2 Å². The predicted molar refractivity (Wildman–Crippen MR) is 67.2 cm³/mol. The van der Waals surface area contributed by atoms with E-state index >= 15 is 0 Å². The number of rotatable bonds is 5. The lowest BCUT2D eigenvalue weighted by molar-refractivity contribution is 0.0942. The molecule has 94 valence electrons. The molecule has 1 amide bonds. The van der Waals surface area contributed by atoms with Crippen molar-refractivity contribution < 1.29 is 9.18 Å². The molecule has 0 aliphatic heterocycles. The Morgan fingerprint density at radius 1 is 1.41 bits per heavy atom. The molecule has 17 heavy (non-hydrogen) atoms. The van der Waals surface area contributed by atoms with E-state index in [9.17, 15) is 9.18 Å². The summed E-state index contributed by atoms with van der Waals surface area (Å²) >= 11 is 0. The first kappa shape index (κ1) is 13.5. The minimum atomic E-state index is -0.541. The van der Waals surface area contributed by atoms with Gasteiger partial charge in [0.25, 0.3) is 5.91 Å². The van der Waals surface area contributed by atoms with Gasteiger partial charge in [-0.15, -0.1) is 0 Å². The van der Waals surface area contributed by atoms with Gasteiger partial charge in [-0.1, -0.05) is 26.7 Å². The van der Waals surface area contributed by atoms with Crippen LogP contribution in [0, 0.1) is 11.7 Å². The number of amides is 1. The second-order valence-electron chi connectivity index (χ2n) is 4.13. The SMILES string of the molecule is CCC(CC)CNC(=O)c1cc(N)ccc1F. The average molecular weight is 238 g/mol. The molecule has 0 radical (unpaired) electrons. The maximum Gasteiger partial charge on any atom is 0.254 e. The third-order valence-corrected chi connectivity index (χ3v) is 2.94. The molecular weight excluding hydrogens is 219 g/mol. The molecule has 0 atom stereocenters. The molecule has 0 fully saturated rings. The number of hydrogen-bond donors (Lipinski definition) is 2. The summed E-state index contributed by atoms with van der Waals surface area (Å²) in [4.78, 5) is 11.7. The molecule has 0 heterocycles. The Labute approximate surface area is 101 Å². The van der Waals surface area contributed by atoms with Crippen molar-refractivity contribution in [2.24, 2.45) is 5.92 Å². The van der Waals surface area contributed by atoms with E-state index in [-0.39, 0.29) is 5.56 Å². The summed E-state index contributed by atoms with van der Waals surface area (Å²) < 4.78 is 13.4. The Morgan fingerprint density at radius 2 is 2.06 bits per heavy atom. The molecule has 0 aromatic heterocycles. The van der Waals surface area contributed by atoms with Gasteiger partial charge in [0.1, 0.15) is 5.82 Å². The highest BCUT2D eigenvalue weighted by Gasteiger charge is 2.13. The maximum atomic E-state index is 13.4. The molecule has 1 aromatic carbocycles. The van der Waals surface area contributed by atoms with Gasteiger partial charge in [0.15, 0.2) is 0 Å². The van der Waals surface area contributed by atoms with E-state index in [1.54, 1.807) is 0 Å². The van der Waals surface area contributed by atoms with Crippen molar-refractivity contribution in [3.8, 4) is 0 Å². The number of nitrogens with two attached hydrogens (primary N) is 1. The molecule has 1 rings (SSSR count). The van der Waals surface area contributed by atoms with Gasteiger partial charge >= 0.3 is 0 Å². The van der Waals surface area contributed by atoms with Crippen LogP contribution in [0.3, 0.4) is 0 Å². The van der Waals surface area contributed by atoms with Crippen LogP contribution in [0.25, 0.3) is 0 Å². The van der Waals surface area contributed by atoms with Gasteiger partial charge in [-0.2, -0.15) is 0 Å². The van der Waals surface area contributed by atoms with Crippen LogP contribution in [0.2, 0.25) is 0 Å². The summed E-state index contributed by atoms with van der Waals surface area (Å²) in [5.74, 6) is -0.508. The van der Waals surface area contributed by atoms with Gasteiger partial charge in [0, 0.05) is 12.2 Å². The average Bonchev–Trinajstić information content (AvgIpc) is 2.33. The molecule has 0 spiro atoms. The fourth-order valence-electron chi connectivity index (χ4n) is 1.63. The highest BCUT2D eigenvalue weighted by atomic mass is 19.1. The topological polar surface area (TPSA) is 55.1 Å². The Kier molecular flexibility index (Phi) is 4.94. The number of hydrogen-bond acceptors (Lipinski definition) is 2. The van der Waals surface area contributed by atoms with Crippen LogP contribution >= 0.6 is 0 Å². The van der Waals surface area contributed by atoms with Crippen LogP contribution in [0.1, 0.15) is 37.0 Å². The fourth-order valence-corrected chi connectivity index (χ4v) is 1.63. The number of nitrogen functional groups attached to an aromatic ring is 1. The molecule has 3 nitrogen and oxygen atoms in total. The van der Waals surface area contributed by atoms with Crippen LogP contribution in [-0.4, -0.2) is 12.5 Å². The van der Waals surface area contributed by atoms with Gasteiger partial charge < -0.3 is 11.1 Å². The molecule has 0 aliphatic rings. The van der Waals surface area contributed by atoms with Gasteiger partial charge in [-0.05, 0) is 24.1 Å². The highest BCUT2D eigenvalue weighted by molar-refractivity contribution is 5.95. The Balaban J connectivity index is 2.66. The second-order valence-corrected chi connectivity index (χ2v) is 4.13. The normalized spacial score (nSPS) is 10.6. The van der Waals surface area contributed by atoms with E-state index < -0.39 is 11.7 Å². The number of halogens is 1. The highest BCUT2D eigenvalue weighted by Crippen LogP contribution is 2.12. The summed E-state index contributed by atoms with van der Waals surface area (Å²) in [6, 6.07) is 4.01. The number of benzene rings is 1. The maximum absolute atomic E-state index is 13.4. The summed E-state index contributed by atoms with van der Waals surface area (Å²) in [6.45, 7) is 4.71. The Morgan fingerprint density at radius 3 is 2.65 bits per heavy atom. The zero-order chi connectivity index (χ0) is 12.8. The minimum Gasteiger partial charge on any atom is -0.399 e. The molecule has 1 aromatic rings. The zero-order valence-corrected chi connectivity index (χ0v) is 10.3. The van der Waals surface area contributed by atoms with Crippen molar-refractivity contribution in [1.29, 1.82) is 0 Å². The lowest BCUT2D eigenvalue weighted by Gasteiger charge is -2.13. The number of anilines is 1. The van der Waals surface area contributed by atoms with Gasteiger partial charge in [-0.3, -0.25) is 4.79 Å². The molecule has 0 unspecified atom stereocenters. The molecule has 0 bridgehead atoms. The quantitative estimate of drug-likeness (QED) is 0.775. The van der Waals surface area contributed by atoms with Crippen molar-refractivity contribution in [2.75, 3.05) is 12.3 Å². The van der Waals surface area contributed by atoms with E-state index in [1.807, 2.05) is 0 Å². The van der Waals surface area contributed by atoms with Gasteiger partial charge in [0.2, 0.25) is 0 Å². The van der Waals surface area contributed by atoms with Crippen molar-refractivity contribution in [3.63, 3.8) is 0 Å². The first-order valence-electron chi connectivity index (χ1n) is 5.91. The van der Waals surface area contributed by atoms with Crippen LogP contribution in [0.15, 0.2) is 18.2 Å². The lowest BCUT2D eigenvalue weighted by Crippen LogP contribution is -2.29. The van der Waals surface area contributed by atoms with Crippen molar-refractivity contribution in [3.05, 3.63) is 29.6 Å². The van der Waals surface area contributed by atoms with Crippen LogP contribution < -0.4 is 11.1 Å². The number of carbonyl (C=O) groups excluding carboxylic acids is 1. The molecule has 0 saturated carbocycles. The lowest BCUT2D eigenvalue weighted by atomic mass is 10.0. The predicted octanol–water partition coefficient (Wildman–Crippen LogP) is 2.57. The third kappa shape index (κ3) is 3.73. The van der Waals surface area contributed by atoms with Crippen LogP contribution in [0.5, 0.6) is 0 Å². The molecule has 3 N–H and O–H groups in total. The first-order valence-corrected chi connectivity index (χ1v) is 5.91.